The molecule has 2 rings (SSSR count). The Labute approximate surface area is 164 Å². The van der Waals surface area contributed by atoms with Gasteiger partial charge >= 0.3 is 0 Å². The molecule has 24 heavy (non-hydrogen) atoms. The monoisotopic (exact) mass is 409 g/mol. The molecule has 0 unspecified atom stereocenters. The number of nitrogens with zero attached hydrogens (tertiary/aromatic N) is 1. The van der Waals surface area contributed by atoms with E-state index in [1.165, 1.54) is 11.3 Å². The molecular formula is C16H22Cl3N3OS. The number of aromatic nitrogens is 1. The van der Waals surface area contributed by atoms with Crippen molar-refractivity contribution in [3.8, 4) is 10.6 Å². The molecule has 0 fully saturated rings. The lowest BCUT2D eigenvalue weighted by atomic mass is 10.2. The van der Waals surface area contributed by atoms with Gasteiger partial charge in [-0.25, -0.2) is 4.98 Å². The first-order valence-electron chi connectivity index (χ1n) is 7.37. The number of hydrogen-bond donors (Lipinski definition) is 2. The molecule has 0 aliphatic carbocycles. The van der Waals surface area contributed by atoms with E-state index in [-0.39, 0.29) is 30.7 Å². The van der Waals surface area contributed by atoms with Crippen LogP contribution in [0.15, 0.2) is 29.6 Å². The second-order valence-corrected chi connectivity index (χ2v) is 6.22. The van der Waals surface area contributed by atoms with Crippen molar-refractivity contribution >= 4 is 53.7 Å². The van der Waals surface area contributed by atoms with Gasteiger partial charge in [-0.2, -0.15) is 0 Å². The highest BCUT2D eigenvalue weighted by Crippen LogP contribution is 2.25. The summed E-state index contributed by atoms with van der Waals surface area (Å²) in [5.41, 5.74) is 1.82. The number of carbonyl (C=O) groups is 1. The summed E-state index contributed by atoms with van der Waals surface area (Å²) in [6, 6.07) is 7.55. The van der Waals surface area contributed by atoms with Crippen molar-refractivity contribution in [3.63, 3.8) is 0 Å². The van der Waals surface area contributed by atoms with Crippen LogP contribution >= 0.6 is 47.8 Å². The quantitative estimate of drug-likeness (QED) is 0.648. The fourth-order valence-electron chi connectivity index (χ4n) is 1.93. The van der Waals surface area contributed by atoms with Crippen LogP contribution in [0, 0.1) is 0 Å². The van der Waals surface area contributed by atoms with Crippen LogP contribution in [0.4, 0.5) is 0 Å². The normalized spacial score (nSPS) is 9.75. The van der Waals surface area contributed by atoms with Crippen LogP contribution in [0.5, 0.6) is 0 Å². The molecule has 0 saturated heterocycles. The molecular weight excluding hydrogens is 389 g/mol. The Bertz CT molecular complexity index is 605. The van der Waals surface area contributed by atoms with Gasteiger partial charge in [0, 0.05) is 29.1 Å². The molecule has 134 valence electrons. The first-order valence-corrected chi connectivity index (χ1v) is 8.62. The maximum absolute atomic E-state index is 11.8. The van der Waals surface area contributed by atoms with E-state index in [0.29, 0.717) is 18.0 Å². The molecule has 8 heteroatoms. The number of amides is 1. The van der Waals surface area contributed by atoms with Crippen LogP contribution < -0.4 is 10.6 Å². The summed E-state index contributed by atoms with van der Waals surface area (Å²) in [5, 5.41) is 9.68. The second-order valence-electron chi connectivity index (χ2n) is 4.93. The van der Waals surface area contributed by atoms with Crippen LogP contribution in [-0.2, 0) is 11.2 Å². The van der Waals surface area contributed by atoms with E-state index >= 15 is 0 Å². The fraction of sp³-hybridized carbons (Fsp3) is 0.375. The van der Waals surface area contributed by atoms with Crippen LogP contribution in [0.1, 0.15) is 19.0 Å². The molecule has 4 nitrogen and oxygen atoms in total. The number of benzene rings is 1. The molecule has 0 aliphatic heterocycles. The molecule has 1 aromatic heterocycles. The maximum atomic E-state index is 11.8. The Balaban J connectivity index is 0.00000264. The Morgan fingerprint density at radius 3 is 2.54 bits per heavy atom. The van der Waals surface area contributed by atoms with Gasteiger partial charge in [-0.3, -0.25) is 4.79 Å². The number of halogens is 3. The Morgan fingerprint density at radius 1 is 1.17 bits per heavy atom. The Morgan fingerprint density at radius 2 is 1.88 bits per heavy atom. The van der Waals surface area contributed by atoms with E-state index in [4.69, 9.17) is 11.6 Å². The van der Waals surface area contributed by atoms with Crippen LogP contribution in [-0.4, -0.2) is 30.5 Å². The third kappa shape index (κ3) is 7.81. The van der Waals surface area contributed by atoms with Gasteiger partial charge in [0.15, 0.2) is 0 Å². The van der Waals surface area contributed by atoms with Gasteiger partial charge in [0.1, 0.15) is 5.01 Å². The average Bonchev–Trinajstić information content (AvgIpc) is 2.96. The fourth-order valence-corrected chi connectivity index (χ4v) is 2.88. The Hall–Kier alpha value is -0.850. The highest BCUT2D eigenvalue weighted by atomic mass is 35.5. The second kappa shape index (κ2) is 12.5. The third-order valence-corrected chi connectivity index (χ3v) is 4.23. The molecule has 0 radical (unpaired) electrons. The van der Waals surface area contributed by atoms with Gasteiger partial charge in [0.05, 0.1) is 12.1 Å². The number of thiazole rings is 1. The summed E-state index contributed by atoms with van der Waals surface area (Å²) >= 11 is 7.42. The highest BCUT2D eigenvalue weighted by molar-refractivity contribution is 7.13. The van der Waals surface area contributed by atoms with Gasteiger partial charge in [0.2, 0.25) is 5.91 Å². The van der Waals surface area contributed by atoms with Crippen molar-refractivity contribution in [2.45, 2.75) is 19.8 Å². The predicted molar refractivity (Wildman–Crippen MR) is 107 cm³/mol. The molecule has 0 bridgehead atoms. The standard InChI is InChI=1S/C16H20ClN3OS.2ClH/c1-2-7-18-8-9-19-15(21)10-14-11-22-16(20-14)12-3-5-13(17)6-4-12;;/h3-6,11,18H,2,7-10H2,1H3,(H,19,21);2*1H. The minimum absolute atomic E-state index is 0. The first-order chi connectivity index (χ1) is 10.7. The molecule has 2 N–H and O–H groups in total. The number of nitrogens with one attached hydrogen (secondary N) is 2. The summed E-state index contributed by atoms with van der Waals surface area (Å²) in [4.78, 5) is 16.4. The molecule has 0 aliphatic rings. The summed E-state index contributed by atoms with van der Waals surface area (Å²) in [5.74, 6) is 0.00579. The van der Waals surface area contributed by atoms with Gasteiger partial charge in [0.25, 0.3) is 0 Å². The minimum Gasteiger partial charge on any atom is -0.354 e. The lowest BCUT2D eigenvalue weighted by Crippen LogP contribution is -2.33. The van der Waals surface area contributed by atoms with Crippen LogP contribution in [0.2, 0.25) is 5.02 Å². The van der Waals surface area contributed by atoms with Crippen LogP contribution in [0.3, 0.4) is 0 Å². The van der Waals surface area contributed by atoms with Crippen molar-refractivity contribution in [3.05, 3.63) is 40.4 Å². The predicted octanol–water partition coefficient (Wildman–Crippen LogP) is 3.97. The Kier molecular flexibility index (Phi) is 12.1. The molecule has 1 amide bonds. The smallest absolute Gasteiger partial charge is 0.226 e. The maximum Gasteiger partial charge on any atom is 0.226 e. The van der Waals surface area contributed by atoms with Crippen molar-refractivity contribution < 1.29 is 4.79 Å². The minimum atomic E-state index is 0. The number of hydrogen-bond acceptors (Lipinski definition) is 4. The topological polar surface area (TPSA) is 54.0 Å². The number of rotatable bonds is 8. The number of carbonyl (C=O) groups excluding carboxylic acids is 1. The van der Waals surface area contributed by atoms with E-state index in [1.54, 1.807) is 0 Å². The van der Waals surface area contributed by atoms with E-state index < -0.39 is 0 Å². The van der Waals surface area contributed by atoms with Crippen molar-refractivity contribution in [1.29, 1.82) is 0 Å². The van der Waals surface area contributed by atoms with Crippen LogP contribution in [0.25, 0.3) is 10.6 Å². The van der Waals surface area contributed by atoms with Crippen molar-refractivity contribution in [2.75, 3.05) is 19.6 Å². The molecule has 0 atom stereocenters. The molecule has 1 aromatic carbocycles. The van der Waals surface area contributed by atoms with Gasteiger partial charge in [-0.15, -0.1) is 36.2 Å². The van der Waals surface area contributed by atoms with Crippen molar-refractivity contribution in [1.82, 2.24) is 15.6 Å². The zero-order valence-corrected chi connectivity index (χ0v) is 16.6. The van der Waals surface area contributed by atoms with Gasteiger partial charge in [-0.05, 0) is 25.1 Å². The zero-order chi connectivity index (χ0) is 15.8. The van der Waals surface area contributed by atoms with Gasteiger partial charge in [-0.1, -0.05) is 30.7 Å². The summed E-state index contributed by atoms with van der Waals surface area (Å²) < 4.78 is 0. The third-order valence-electron chi connectivity index (χ3n) is 3.04. The summed E-state index contributed by atoms with van der Waals surface area (Å²) in [7, 11) is 0. The average molecular weight is 411 g/mol. The molecule has 0 saturated carbocycles. The largest absolute Gasteiger partial charge is 0.354 e. The van der Waals surface area contributed by atoms with E-state index in [9.17, 15) is 4.79 Å². The highest BCUT2D eigenvalue weighted by Gasteiger charge is 2.08. The SMILES string of the molecule is CCCNCCNC(=O)Cc1csc(-c2ccc(Cl)cc2)n1.Cl.Cl. The summed E-state index contributed by atoms with van der Waals surface area (Å²) in [6.45, 7) is 4.54. The lowest BCUT2D eigenvalue weighted by Gasteiger charge is -2.05. The molecule has 0 spiro atoms. The van der Waals surface area contributed by atoms with E-state index in [0.717, 1.165) is 35.8 Å². The lowest BCUT2D eigenvalue weighted by molar-refractivity contribution is -0.120. The van der Waals surface area contributed by atoms with Gasteiger partial charge < -0.3 is 10.6 Å². The summed E-state index contributed by atoms with van der Waals surface area (Å²) in [6.07, 6.45) is 1.41. The first kappa shape index (κ1) is 23.2. The molecule has 2 aromatic rings. The van der Waals surface area contributed by atoms with E-state index in [2.05, 4.69) is 22.5 Å². The molecule has 1 heterocycles. The zero-order valence-electron chi connectivity index (χ0n) is 13.4. The van der Waals surface area contributed by atoms with E-state index in [1.807, 2.05) is 29.6 Å². The van der Waals surface area contributed by atoms with Crippen molar-refractivity contribution in [2.24, 2.45) is 0 Å².